The Balaban J connectivity index is 2.76. The van der Waals surface area contributed by atoms with Crippen LogP contribution in [-0.4, -0.2) is 23.7 Å². The number of carbonyl (C=O) groups excluding carboxylic acids is 1. The van der Waals surface area contributed by atoms with Crippen LogP contribution in [0.5, 0.6) is 0 Å². The first-order valence-electron chi connectivity index (χ1n) is 5.51. The average Bonchev–Trinajstić information content (AvgIpc) is 2.30. The van der Waals surface area contributed by atoms with Gasteiger partial charge >= 0.3 is 0 Å². The zero-order valence-electron chi connectivity index (χ0n) is 9.84. The molecular weight excluding hydrogens is 247 g/mol. The summed E-state index contributed by atoms with van der Waals surface area (Å²) >= 11 is 0. The van der Waals surface area contributed by atoms with Gasteiger partial charge in [-0.25, -0.2) is 13.2 Å². The van der Waals surface area contributed by atoms with Crippen molar-refractivity contribution >= 4 is 5.91 Å². The van der Waals surface area contributed by atoms with Crippen molar-refractivity contribution in [3.05, 3.63) is 35.1 Å². The van der Waals surface area contributed by atoms with Crippen molar-refractivity contribution in [1.29, 1.82) is 0 Å². The summed E-state index contributed by atoms with van der Waals surface area (Å²) in [6.07, 6.45) is -0.0366. The minimum Gasteiger partial charge on any atom is -0.394 e. The van der Waals surface area contributed by atoms with Gasteiger partial charge in [0.25, 0.3) is 0 Å². The molecule has 0 fully saturated rings. The molecule has 3 nitrogen and oxygen atoms in total. The lowest BCUT2D eigenvalue weighted by atomic mass is 10.1. The van der Waals surface area contributed by atoms with Gasteiger partial charge in [0.1, 0.15) is 17.5 Å². The molecular formula is C12H14F3NO2. The summed E-state index contributed by atoms with van der Waals surface area (Å²) in [6.45, 7) is 1.50. The number of hydrogen-bond donors (Lipinski definition) is 2. The molecule has 1 aromatic rings. The van der Waals surface area contributed by atoms with Crippen molar-refractivity contribution in [3.63, 3.8) is 0 Å². The van der Waals surface area contributed by atoms with Gasteiger partial charge < -0.3 is 10.4 Å². The Morgan fingerprint density at radius 3 is 2.33 bits per heavy atom. The van der Waals surface area contributed by atoms with E-state index in [0.29, 0.717) is 18.6 Å². The van der Waals surface area contributed by atoms with E-state index in [1.54, 1.807) is 6.92 Å². The summed E-state index contributed by atoms with van der Waals surface area (Å²) in [5, 5.41) is 11.3. The predicted molar refractivity (Wildman–Crippen MR) is 59.3 cm³/mol. The number of carbonyl (C=O) groups is 1. The van der Waals surface area contributed by atoms with Gasteiger partial charge in [-0.15, -0.1) is 0 Å². The molecule has 1 atom stereocenters. The van der Waals surface area contributed by atoms with E-state index in [1.165, 1.54) is 0 Å². The average molecular weight is 261 g/mol. The fourth-order valence-corrected chi connectivity index (χ4v) is 1.46. The van der Waals surface area contributed by atoms with Crippen molar-refractivity contribution < 1.29 is 23.1 Å². The lowest BCUT2D eigenvalue weighted by Crippen LogP contribution is -2.38. The number of halogens is 3. The monoisotopic (exact) mass is 261 g/mol. The molecule has 6 heteroatoms. The minimum absolute atomic E-state index is 0.253. The highest BCUT2D eigenvalue weighted by Gasteiger charge is 2.16. The molecule has 1 unspecified atom stereocenters. The Kier molecular flexibility index (Phi) is 5.15. The summed E-state index contributed by atoms with van der Waals surface area (Å²) in [4.78, 5) is 11.5. The molecule has 0 spiro atoms. The molecule has 2 N–H and O–H groups in total. The van der Waals surface area contributed by atoms with Gasteiger partial charge in [-0.05, 0) is 6.42 Å². The zero-order valence-corrected chi connectivity index (χ0v) is 9.84. The highest BCUT2D eigenvalue weighted by atomic mass is 19.1. The van der Waals surface area contributed by atoms with E-state index in [0.717, 1.165) is 0 Å². The molecule has 0 aliphatic rings. The van der Waals surface area contributed by atoms with E-state index in [1.807, 2.05) is 0 Å². The number of amides is 1. The van der Waals surface area contributed by atoms with E-state index < -0.39 is 41.4 Å². The summed E-state index contributed by atoms with van der Waals surface area (Å²) in [5.41, 5.74) is -0.485. The van der Waals surface area contributed by atoms with Crippen LogP contribution in [0, 0.1) is 17.5 Å². The molecule has 1 aromatic carbocycles. The van der Waals surface area contributed by atoms with Gasteiger partial charge in [-0.2, -0.15) is 0 Å². The third-order valence-corrected chi connectivity index (χ3v) is 2.52. The van der Waals surface area contributed by atoms with E-state index in [-0.39, 0.29) is 6.61 Å². The third-order valence-electron chi connectivity index (χ3n) is 2.52. The topological polar surface area (TPSA) is 49.3 Å². The fourth-order valence-electron chi connectivity index (χ4n) is 1.46. The molecule has 0 aromatic heterocycles. The fraction of sp³-hybridized carbons (Fsp3) is 0.417. The van der Waals surface area contributed by atoms with E-state index in [4.69, 9.17) is 5.11 Å². The Labute approximate surface area is 103 Å². The van der Waals surface area contributed by atoms with Crippen LogP contribution in [-0.2, 0) is 11.2 Å². The summed E-state index contributed by atoms with van der Waals surface area (Å²) in [5.74, 6) is -3.85. The maximum atomic E-state index is 13.3. The molecule has 0 aliphatic carbocycles. The van der Waals surface area contributed by atoms with Crippen molar-refractivity contribution in [2.45, 2.75) is 25.8 Å². The van der Waals surface area contributed by atoms with Gasteiger partial charge in [-0.3, -0.25) is 4.79 Å². The lowest BCUT2D eigenvalue weighted by Gasteiger charge is -2.14. The number of aliphatic hydroxyl groups excluding tert-OH is 1. The molecule has 0 saturated carbocycles. The van der Waals surface area contributed by atoms with E-state index >= 15 is 0 Å². The van der Waals surface area contributed by atoms with Crippen molar-refractivity contribution in [2.75, 3.05) is 6.61 Å². The highest BCUT2D eigenvalue weighted by molar-refractivity contribution is 5.79. The van der Waals surface area contributed by atoms with Crippen LogP contribution in [0.4, 0.5) is 13.2 Å². The predicted octanol–water partition coefficient (Wildman–Crippen LogP) is 1.53. The van der Waals surface area contributed by atoms with Gasteiger partial charge in [0.15, 0.2) is 0 Å². The molecule has 0 bridgehead atoms. The largest absolute Gasteiger partial charge is 0.394 e. The van der Waals surface area contributed by atoms with E-state index in [9.17, 15) is 18.0 Å². The molecule has 0 radical (unpaired) electrons. The molecule has 1 amide bonds. The molecule has 18 heavy (non-hydrogen) atoms. The molecule has 0 aliphatic heterocycles. The van der Waals surface area contributed by atoms with E-state index in [2.05, 4.69) is 5.32 Å². The van der Waals surface area contributed by atoms with Gasteiger partial charge in [0.05, 0.1) is 19.1 Å². The second kappa shape index (κ2) is 6.39. The zero-order chi connectivity index (χ0) is 13.7. The number of aliphatic hydroxyl groups is 1. The third kappa shape index (κ3) is 3.73. The quantitative estimate of drug-likeness (QED) is 0.844. The molecule has 0 heterocycles. The summed E-state index contributed by atoms with van der Waals surface area (Å²) < 4.78 is 39.2. The first-order valence-corrected chi connectivity index (χ1v) is 5.51. The number of hydrogen-bond acceptors (Lipinski definition) is 2. The molecule has 1 rings (SSSR count). The Morgan fingerprint density at radius 1 is 1.33 bits per heavy atom. The Hall–Kier alpha value is -1.56. The van der Waals surface area contributed by atoms with Crippen LogP contribution in [0.2, 0.25) is 0 Å². The number of benzene rings is 1. The maximum absolute atomic E-state index is 13.3. The first-order chi connectivity index (χ1) is 8.47. The smallest absolute Gasteiger partial charge is 0.224 e. The SMILES string of the molecule is CCC(CO)NC(=O)Cc1c(F)cc(F)cc1F. The Morgan fingerprint density at radius 2 is 1.89 bits per heavy atom. The number of nitrogens with one attached hydrogen (secondary N) is 1. The summed E-state index contributed by atoms with van der Waals surface area (Å²) in [7, 11) is 0. The van der Waals surface area contributed by atoms with Crippen LogP contribution in [0.3, 0.4) is 0 Å². The molecule has 100 valence electrons. The standard InChI is InChI=1S/C12H14F3NO2/c1-2-8(6-17)16-12(18)5-9-10(14)3-7(13)4-11(9)15/h3-4,8,17H,2,5-6H2,1H3,(H,16,18). The van der Waals surface area contributed by atoms with Gasteiger partial charge in [0, 0.05) is 17.7 Å². The van der Waals surface area contributed by atoms with Gasteiger partial charge in [0.2, 0.25) is 5.91 Å². The second-order valence-corrected chi connectivity index (χ2v) is 3.88. The maximum Gasteiger partial charge on any atom is 0.224 e. The highest BCUT2D eigenvalue weighted by Crippen LogP contribution is 2.15. The first kappa shape index (κ1) is 14.5. The van der Waals surface area contributed by atoms with Crippen LogP contribution >= 0.6 is 0 Å². The van der Waals surface area contributed by atoms with Crippen molar-refractivity contribution in [1.82, 2.24) is 5.32 Å². The lowest BCUT2D eigenvalue weighted by molar-refractivity contribution is -0.121. The van der Waals surface area contributed by atoms with Crippen LogP contribution in [0.15, 0.2) is 12.1 Å². The summed E-state index contributed by atoms with van der Waals surface area (Å²) in [6, 6.07) is 0.591. The number of rotatable bonds is 5. The second-order valence-electron chi connectivity index (χ2n) is 3.88. The van der Waals surface area contributed by atoms with Crippen molar-refractivity contribution in [2.24, 2.45) is 0 Å². The minimum atomic E-state index is -1.10. The van der Waals surface area contributed by atoms with Crippen LogP contribution in [0.1, 0.15) is 18.9 Å². The van der Waals surface area contributed by atoms with Crippen LogP contribution < -0.4 is 5.32 Å². The van der Waals surface area contributed by atoms with Crippen LogP contribution in [0.25, 0.3) is 0 Å². The van der Waals surface area contributed by atoms with Crippen molar-refractivity contribution in [3.8, 4) is 0 Å². The molecule has 0 saturated heterocycles. The Bertz CT molecular complexity index is 410. The normalized spacial score (nSPS) is 12.3. The van der Waals surface area contributed by atoms with Gasteiger partial charge in [-0.1, -0.05) is 6.92 Å².